The molecule has 114 valence electrons. The minimum atomic E-state index is -0.696. The second kappa shape index (κ2) is 7.43. The maximum absolute atomic E-state index is 9.88. The number of benzene rings is 1. The molecule has 0 aliphatic heterocycles. The molecule has 0 fully saturated rings. The van der Waals surface area contributed by atoms with Crippen LogP contribution in [0.5, 0.6) is 0 Å². The summed E-state index contributed by atoms with van der Waals surface area (Å²) >= 11 is 3.63. The summed E-state index contributed by atoms with van der Waals surface area (Å²) < 4.78 is 1.11. The van der Waals surface area contributed by atoms with E-state index in [4.69, 9.17) is 0 Å². The van der Waals surface area contributed by atoms with Crippen molar-refractivity contribution >= 4 is 21.6 Å². The van der Waals surface area contributed by atoms with Crippen molar-refractivity contribution in [3.63, 3.8) is 0 Å². The summed E-state index contributed by atoms with van der Waals surface area (Å²) in [5.41, 5.74) is 1.66. The van der Waals surface area contributed by atoms with Gasteiger partial charge in [-0.2, -0.15) is 0 Å². The summed E-state index contributed by atoms with van der Waals surface area (Å²) in [5, 5.41) is 13.3. The molecule has 0 aliphatic carbocycles. The van der Waals surface area contributed by atoms with Crippen molar-refractivity contribution in [2.75, 3.05) is 25.0 Å². The second-order valence-corrected chi connectivity index (χ2v) is 7.32. The first kappa shape index (κ1) is 17.5. The lowest BCUT2D eigenvalue weighted by molar-refractivity contribution is 0.0886. The Kier molecular flexibility index (Phi) is 6.49. The van der Waals surface area contributed by atoms with Crippen molar-refractivity contribution in [3.05, 3.63) is 28.2 Å². The van der Waals surface area contributed by atoms with Gasteiger partial charge in [-0.3, -0.25) is 0 Å². The van der Waals surface area contributed by atoms with E-state index in [-0.39, 0.29) is 0 Å². The van der Waals surface area contributed by atoms with E-state index in [9.17, 15) is 5.11 Å². The Labute approximate surface area is 131 Å². The second-order valence-electron chi connectivity index (χ2n) is 6.47. The van der Waals surface area contributed by atoms with Crippen LogP contribution < -0.4 is 10.2 Å². The fraction of sp³-hybridized carbons (Fsp3) is 0.625. The summed E-state index contributed by atoms with van der Waals surface area (Å²) in [7, 11) is 2.00. The number of anilines is 1. The molecular weight excluding hydrogens is 316 g/mol. The third-order valence-electron chi connectivity index (χ3n) is 2.97. The first-order valence-electron chi connectivity index (χ1n) is 7.11. The van der Waals surface area contributed by atoms with Crippen molar-refractivity contribution in [2.45, 2.75) is 39.8 Å². The smallest absolute Gasteiger partial charge is 0.0765 e. The van der Waals surface area contributed by atoms with Gasteiger partial charge in [-0.1, -0.05) is 35.8 Å². The van der Waals surface area contributed by atoms with E-state index in [1.54, 1.807) is 0 Å². The van der Waals surface area contributed by atoms with Crippen LogP contribution in [0.4, 0.5) is 5.69 Å². The molecule has 0 spiro atoms. The Bertz CT molecular complexity index is 427. The van der Waals surface area contributed by atoms with E-state index in [2.05, 4.69) is 58.2 Å². The summed E-state index contributed by atoms with van der Waals surface area (Å²) in [6, 6.07) is 6.34. The Morgan fingerprint density at radius 3 is 2.50 bits per heavy atom. The normalized spacial score (nSPS) is 12.0. The van der Waals surface area contributed by atoms with Crippen LogP contribution in [0.3, 0.4) is 0 Å². The lowest BCUT2D eigenvalue weighted by Crippen LogP contribution is -2.36. The Hall–Kier alpha value is -0.580. The largest absolute Gasteiger partial charge is 0.389 e. The highest BCUT2D eigenvalue weighted by molar-refractivity contribution is 9.10. The summed E-state index contributed by atoms with van der Waals surface area (Å²) in [6.07, 6.45) is 0. The van der Waals surface area contributed by atoms with E-state index in [0.29, 0.717) is 12.5 Å². The van der Waals surface area contributed by atoms with Crippen LogP contribution in [0, 0.1) is 5.92 Å². The van der Waals surface area contributed by atoms with Crippen molar-refractivity contribution < 1.29 is 5.11 Å². The average molecular weight is 343 g/mol. The van der Waals surface area contributed by atoms with Crippen molar-refractivity contribution in [3.8, 4) is 0 Å². The fourth-order valence-electron chi connectivity index (χ4n) is 2.08. The molecule has 4 heteroatoms. The van der Waals surface area contributed by atoms with E-state index < -0.39 is 5.60 Å². The minimum Gasteiger partial charge on any atom is -0.389 e. The number of hydrogen-bond acceptors (Lipinski definition) is 3. The number of hydrogen-bond donors (Lipinski definition) is 2. The van der Waals surface area contributed by atoms with Crippen LogP contribution in [-0.2, 0) is 6.54 Å². The van der Waals surface area contributed by atoms with Gasteiger partial charge in [0.2, 0.25) is 0 Å². The molecule has 0 radical (unpaired) electrons. The number of likely N-dealkylation sites (N-methyl/N-ethyl adjacent to an activating group) is 1. The van der Waals surface area contributed by atoms with Gasteiger partial charge < -0.3 is 15.3 Å². The lowest BCUT2D eigenvalue weighted by atomic mass is 10.1. The topological polar surface area (TPSA) is 35.5 Å². The third-order valence-corrected chi connectivity index (χ3v) is 3.71. The molecule has 0 bridgehead atoms. The first-order valence-corrected chi connectivity index (χ1v) is 7.91. The standard InChI is InChI=1S/C16H27BrN2O/c1-12(2)9-18-10-13-6-7-14(8-15(13)17)19(5)11-16(3,4)20/h6-8,12,18,20H,9-11H2,1-5H3. The van der Waals surface area contributed by atoms with Crippen molar-refractivity contribution in [1.29, 1.82) is 0 Å². The molecule has 1 rings (SSSR count). The van der Waals surface area contributed by atoms with Crippen LogP contribution >= 0.6 is 15.9 Å². The van der Waals surface area contributed by atoms with Gasteiger partial charge in [0.15, 0.2) is 0 Å². The van der Waals surface area contributed by atoms with Gasteiger partial charge in [0.1, 0.15) is 0 Å². The highest BCUT2D eigenvalue weighted by atomic mass is 79.9. The molecule has 0 saturated heterocycles. The van der Waals surface area contributed by atoms with Crippen LogP contribution in [-0.4, -0.2) is 30.8 Å². The molecule has 0 aliphatic rings. The molecule has 0 unspecified atom stereocenters. The zero-order chi connectivity index (χ0) is 15.3. The quantitative estimate of drug-likeness (QED) is 0.797. The predicted molar refractivity (Wildman–Crippen MR) is 90.3 cm³/mol. The van der Waals surface area contributed by atoms with Crippen LogP contribution in [0.2, 0.25) is 0 Å². The summed E-state index contributed by atoms with van der Waals surface area (Å²) in [6.45, 7) is 10.5. The maximum atomic E-state index is 9.88. The van der Waals surface area contributed by atoms with E-state index in [1.165, 1.54) is 5.56 Å². The highest BCUT2D eigenvalue weighted by Crippen LogP contribution is 2.24. The molecule has 0 saturated carbocycles. The molecule has 2 N–H and O–H groups in total. The molecule has 0 heterocycles. The van der Waals surface area contributed by atoms with Crippen LogP contribution in [0.1, 0.15) is 33.3 Å². The van der Waals surface area contributed by atoms with Gasteiger partial charge in [0, 0.05) is 30.3 Å². The molecule has 3 nitrogen and oxygen atoms in total. The van der Waals surface area contributed by atoms with Gasteiger partial charge in [-0.15, -0.1) is 0 Å². The number of halogens is 1. The van der Waals surface area contributed by atoms with Gasteiger partial charge in [0.05, 0.1) is 5.60 Å². The molecule has 0 aromatic heterocycles. The van der Waals surface area contributed by atoms with Crippen LogP contribution in [0.15, 0.2) is 22.7 Å². The van der Waals surface area contributed by atoms with E-state index >= 15 is 0 Å². The zero-order valence-electron chi connectivity index (χ0n) is 13.2. The summed E-state index contributed by atoms with van der Waals surface area (Å²) in [4.78, 5) is 2.07. The minimum absolute atomic E-state index is 0.602. The molecule has 0 atom stereocenters. The average Bonchev–Trinajstić information content (AvgIpc) is 2.28. The maximum Gasteiger partial charge on any atom is 0.0765 e. The Morgan fingerprint density at radius 2 is 2.00 bits per heavy atom. The molecule has 20 heavy (non-hydrogen) atoms. The number of nitrogens with one attached hydrogen (secondary N) is 1. The van der Waals surface area contributed by atoms with Crippen LogP contribution in [0.25, 0.3) is 0 Å². The molecular formula is C16H27BrN2O. The van der Waals surface area contributed by atoms with Crippen molar-refractivity contribution in [1.82, 2.24) is 5.32 Å². The molecule has 1 aromatic rings. The highest BCUT2D eigenvalue weighted by Gasteiger charge is 2.16. The number of aliphatic hydroxyl groups is 1. The Balaban J connectivity index is 2.67. The van der Waals surface area contributed by atoms with Gasteiger partial charge in [-0.05, 0) is 44.0 Å². The first-order chi connectivity index (χ1) is 9.19. The monoisotopic (exact) mass is 342 g/mol. The number of nitrogens with zero attached hydrogens (tertiary/aromatic N) is 1. The van der Waals surface area contributed by atoms with E-state index in [1.807, 2.05) is 20.9 Å². The summed E-state index contributed by atoms with van der Waals surface area (Å²) in [5.74, 6) is 0.658. The fourth-order valence-corrected chi connectivity index (χ4v) is 2.59. The molecule has 0 amide bonds. The van der Waals surface area contributed by atoms with Gasteiger partial charge >= 0.3 is 0 Å². The zero-order valence-corrected chi connectivity index (χ0v) is 14.8. The van der Waals surface area contributed by atoms with E-state index in [0.717, 1.165) is 23.2 Å². The Morgan fingerprint density at radius 1 is 1.35 bits per heavy atom. The predicted octanol–water partition coefficient (Wildman–Crippen LogP) is 3.40. The van der Waals surface area contributed by atoms with Crippen molar-refractivity contribution in [2.24, 2.45) is 5.92 Å². The van der Waals surface area contributed by atoms with Gasteiger partial charge in [-0.25, -0.2) is 0 Å². The number of rotatable bonds is 7. The SMILES string of the molecule is CC(C)CNCc1ccc(N(C)CC(C)(C)O)cc1Br. The molecule has 1 aromatic carbocycles. The lowest BCUT2D eigenvalue weighted by Gasteiger charge is -2.27. The van der Waals surface area contributed by atoms with Gasteiger partial charge in [0.25, 0.3) is 0 Å². The third kappa shape index (κ3) is 6.25.